The molecule has 5 heteroatoms. The Balaban J connectivity index is 2.12. The van der Waals surface area contributed by atoms with Gasteiger partial charge in [0, 0.05) is 11.6 Å². The lowest BCUT2D eigenvalue weighted by Crippen LogP contribution is -2.08. The molecule has 1 aromatic heterocycles. The molecular weight excluding hydrogens is 256 g/mol. The SMILES string of the molecule is COc1ccc(OCc2cncn2C(C)C)c(CO)c1. The Bertz CT molecular complexity index is 564. The topological polar surface area (TPSA) is 56.5 Å². The number of hydrogen-bond donors (Lipinski definition) is 1. The number of ether oxygens (including phenoxy) is 2. The van der Waals surface area contributed by atoms with Gasteiger partial charge in [-0.1, -0.05) is 0 Å². The summed E-state index contributed by atoms with van der Waals surface area (Å²) in [6.45, 7) is 4.52. The van der Waals surface area contributed by atoms with Crippen LogP contribution < -0.4 is 9.47 Å². The Hall–Kier alpha value is -2.01. The molecule has 0 aliphatic carbocycles. The lowest BCUT2D eigenvalue weighted by molar-refractivity contribution is 0.253. The first-order valence-corrected chi connectivity index (χ1v) is 6.57. The highest BCUT2D eigenvalue weighted by Crippen LogP contribution is 2.25. The number of benzene rings is 1. The fourth-order valence-corrected chi connectivity index (χ4v) is 2.01. The van der Waals surface area contributed by atoms with E-state index in [9.17, 15) is 5.11 Å². The molecule has 20 heavy (non-hydrogen) atoms. The summed E-state index contributed by atoms with van der Waals surface area (Å²) in [5.74, 6) is 1.36. The number of nitrogens with zero attached hydrogens (tertiary/aromatic N) is 2. The molecule has 108 valence electrons. The number of methoxy groups -OCH3 is 1. The molecule has 0 unspecified atom stereocenters. The zero-order valence-electron chi connectivity index (χ0n) is 12.0. The van der Waals surface area contributed by atoms with Crippen molar-refractivity contribution in [2.75, 3.05) is 7.11 Å². The van der Waals surface area contributed by atoms with Gasteiger partial charge in [-0.05, 0) is 32.0 Å². The number of aliphatic hydroxyl groups excluding tert-OH is 1. The van der Waals surface area contributed by atoms with Crippen LogP contribution in [-0.2, 0) is 13.2 Å². The van der Waals surface area contributed by atoms with Crippen LogP contribution in [0.3, 0.4) is 0 Å². The van der Waals surface area contributed by atoms with Gasteiger partial charge in [-0.25, -0.2) is 4.98 Å². The van der Waals surface area contributed by atoms with Gasteiger partial charge in [0.1, 0.15) is 18.1 Å². The van der Waals surface area contributed by atoms with Crippen molar-refractivity contribution < 1.29 is 14.6 Å². The summed E-state index contributed by atoms with van der Waals surface area (Å²) in [6.07, 6.45) is 3.59. The van der Waals surface area contributed by atoms with E-state index in [2.05, 4.69) is 23.4 Å². The van der Waals surface area contributed by atoms with Crippen molar-refractivity contribution in [1.29, 1.82) is 0 Å². The molecule has 0 saturated heterocycles. The molecule has 2 rings (SSSR count). The van der Waals surface area contributed by atoms with Crippen LogP contribution in [0.5, 0.6) is 11.5 Å². The van der Waals surface area contributed by atoms with Crippen molar-refractivity contribution in [1.82, 2.24) is 9.55 Å². The van der Waals surface area contributed by atoms with E-state index in [1.54, 1.807) is 31.8 Å². The highest BCUT2D eigenvalue weighted by molar-refractivity contribution is 5.39. The fourth-order valence-electron chi connectivity index (χ4n) is 2.01. The second-order valence-electron chi connectivity index (χ2n) is 4.81. The van der Waals surface area contributed by atoms with E-state index in [4.69, 9.17) is 9.47 Å². The average Bonchev–Trinajstić information content (AvgIpc) is 2.93. The predicted octanol–water partition coefficient (Wildman–Crippen LogP) is 2.54. The minimum atomic E-state index is -0.0873. The van der Waals surface area contributed by atoms with Gasteiger partial charge in [0.15, 0.2) is 0 Å². The normalized spacial score (nSPS) is 10.8. The quantitative estimate of drug-likeness (QED) is 0.881. The van der Waals surface area contributed by atoms with Gasteiger partial charge in [-0.3, -0.25) is 0 Å². The number of imidazole rings is 1. The largest absolute Gasteiger partial charge is 0.497 e. The van der Waals surface area contributed by atoms with Crippen LogP contribution in [0.2, 0.25) is 0 Å². The van der Waals surface area contributed by atoms with Crippen LogP contribution in [0.4, 0.5) is 0 Å². The predicted molar refractivity (Wildman–Crippen MR) is 75.9 cm³/mol. The number of aromatic nitrogens is 2. The Labute approximate surface area is 118 Å². The molecule has 5 nitrogen and oxygen atoms in total. The molecule has 2 aromatic rings. The number of aliphatic hydroxyl groups is 1. The smallest absolute Gasteiger partial charge is 0.130 e. The van der Waals surface area contributed by atoms with Crippen molar-refractivity contribution in [3.05, 3.63) is 42.0 Å². The maximum absolute atomic E-state index is 9.39. The number of rotatable bonds is 6. The average molecular weight is 276 g/mol. The first-order valence-electron chi connectivity index (χ1n) is 6.57. The third-order valence-corrected chi connectivity index (χ3v) is 3.12. The lowest BCUT2D eigenvalue weighted by atomic mass is 10.2. The van der Waals surface area contributed by atoms with E-state index in [1.807, 2.05) is 6.07 Å². The maximum Gasteiger partial charge on any atom is 0.130 e. The van der Waals surface area contributed by atoms with Gasteiger partial charge >= 0.3 is 0 Å². The first-order chi connectivity index (χ1) is 9.65. The van der Waals surface area contributed by atoms with Gasteiger partial charge in [-0.15, -0.1) is 0 Å². The van der Waals surface area contributed by atoms with Crippen LogP contribution in [-0.4, -0.2) is 21.8 Å². The van der Waals surface area contributed by atoms with Crippen LogP contribution in [0.15, 0.2) is 30.7 Å². The van der Waals surface area contributed by atoms with Gasteiger partial charge in [-0.2, -0.15) is 0 Å². The number of hydrogen-bond acceptors (Lipinski definition) is 4. The Morgan fingerprint density at radius 3 is 2.80 bits per heavy atom. The molecule has 1 N–H and O–H groups in total. The van der Waals surface area contributed by atoms with Crippen molar-refractivity contribution in [2.24, 2.45) is 0 Å². The van der Waals surface area contributed by atoms with E-state index in [0.717, 1.165) is 5.69 Å². The Morgan fingerprint density at radius 1 is 1.35 bits per heavy atom. The Kier molecular flexibility index (Phi) is 4.63. The molecule has 0 bridgehead atoms. The molecule has 0 aliphatic rings. The molecule has 0 amide bonds. The second kappa shape index (κ2) is 6.43. The van der Waals surface area contributed by atoms with Crippen molar-refractivity contribution in [3.8, 4) is 11.5 Å². The summed E-state index contributed by atoms with van der Waals surface area (Å²) in [4.78, 5) is 4.14. The van der Waals surface area contributed by atoms with Crippen LogP contribution >= 0.6 is 0 Å². The van der Waals surface area contributed by atoms with Crippen LogP contribution in [0.25, 0.3) is 0 Å². The van der Waals surface area contributed by atoms with E-state index in [1.165, 1.54) is 0 Å². The summed E-state index contributed by atoms with van der Waals surface area (Å²) in [5, 5.41) is 9.39. The van der Waals surface area contributed by atoms with Crippen LogP contribution in [0, 0.1) is 0 Å². The molecular formula is C15H20N2O3. The third-order valence-electron chi connectivity index (χ3n) is 3.12. The zero-order chi connectivity index (χ0) is 14.5. The van der Waals surface area contributed by atoms with Gasteiger partial charge in [0.2, 0.25) is 0 Å². The summed E-state index contributed by atoms with van der Waals surface area (Å²) < 4.78 is 13.0. The summed E-state index contributed by atoms with van der Waals surface area (Å²) in [5.41, 5.74) is 1.71. The fraction of sp³-hybridized carbons (Fsp3) is 0.400. The third kappa shape index (κ3) is 3.11. The molecule has 0 saturated carbocycles. The van der Waals surface area contributed by atoms with Crippen molar-refractivity contribution in [3.63, 3.8) is 0 Å². The molecule has 0 aliphatic heterocycles. The minimum absolute atomic E-state index is 0.0873. The van der Waals surface area contributed by atoms with Crippen molar-refractivity contribution in [2.45, 2.75) is 33.1 Å². The van der Waals surface area contributed by atoms with E-state index in [0.29, 0.717) is 29.7 Å². The summed E-state index contributed by atoms with van der Waals surface area (Å²) in [6, 6.07) is 5.73. The van der Waals surface area contributed by atoms with E-state index in [-0.39, 0.29) is 6.61 Å². The monoisotopic (exact) mass is 276 g/mol. The highest BCUT2D eigenvalue weighted by Gasteiger charge is 2.09. The zero-order valence-corrected chi connectivity index (χ0v) is 12.0. The molecule has 0 fully saturated rings. The molecule has 0 atom stereocenters. The van der Waals surface area contributed by atoms with Crippen molar-refractivity contribution >= 4 is 0 Å². The molecule has 0 spiro atoms. The minimum Gasteiger partial charge on any atom is -0.497 e. The van der Waals surface area contributed by atoms with E-state index < -0.39 is 0 Å². The lowest BCUT2D eigenvalue weighted by Gasteiger charge is -2.14. The summed E-state index contributed by atoms with van der Waals surface area (Å²) in [7, 11) is 1.60. The van der Waals surface area contributed by atoms with E-state index >= 15 is 0 Å². The van der Waals surface area contributed by atoms with Crippen LogP contribution in [0.1, 0.15) is 31.1 Å². The van der Waals surface area contributed by atoms with Gasteiger partial charge in [0.05, 0.1) is 31.9 Å². The summed E-state index contributed by atoms with van der Waals surface area (Å²) >= 11 is 0. The standard InChI is InChI=1S/C15H20N2O3/c1-11(2)17-10-16-7-13(17)9-20-15-5-4-14(19-3)6-12(15)8-18/h4-7,10-11,18H,8-9H2,1-3H3. The molecule has 0 radical (unpaired) electrons. The van der Waals surface area contributed by atoms with Gasteiger partial charge < -0.3 is 19.1 Å². The molecule has 1 aromatic carbocycles. The first kappa shape index (κ1) is 14.4. The second-order valence-corrected chi connectivity index (χ2v) is 4.81. The maximum atomic E-state index is 9.39. The highest BCUT2D eigenvalue weighted by atomic mass is 16.5. The Morgan fingerprint density at radius 2 is 2.15 bits per heavy atom. The molecule has 1 heterocycles. The van der Waals surface area contributed by atoms with Gasteiger partial charge in [0.25, 0.3) is 0 Å².